The fourth-order valence-electron chi connectivity index (χ4n) is 7.26. The molecule has 0 aromatic carbocycles. The highest BCUT2D eigenvalue weighted by molar-refractivity contribution is 5.92. The number of rotatable bonds is 2. The van der Waals surface area contributed by atoms with Gasteiger partial charge in [-0.25, -0.2) is 4.39 Å². The van der Waals surface area contributed by atoms with E-state index < -0.39 is 46.7 Å². The zero-order chi connectivity index (χ0) is 20.6. The van der Waals surface area contributed by atoms with Gasteiger partial charge in [-0.1, -0.05) is 20.8 Å². The number of aliphatic hydroxyl groups is 3. The van der Waals surface area contributed by atoms with Crippen LogP contribution in [0.3, 0.4) is 0 Å². The SMILES string of the molecule is C[C@H]1C[C@H]2[C@@H]3C=C(F)C4=CC(=O)CC[C@]4(C)[C@H]3[C@@H](O)C[C@]2(C)[C@@]1(O)C(=O)CO. The molecule has 5 nitrogen and oxygen atoms in total. The van der Waals surface area contributed by atoms with E-state index in [1.54, 1.807) is 13.8 Å². The second-order valence-corrected chi connectivity index (χ2v) is 9.84. The second kappa shape index (κ2) is 6.07. The molecule has 4 rings (SSSR count). The number of fused-ring (bicyclic) bond motifs is 5. The van der Waals surface area contributed by atoms with Gasteiger partial charge in [-0.05, 0) is 54.7 Å². The van der Waals surface area contributed by atoms with Crippen LogP contribution in [0.15, 0.2) is 23.6 Å². The molecule has 0 aliphatic heterocycles. The summed E-state index contributed by atoms with van der Waals surface area (Å²) in [6.45, 7) is 4.74. The first-order valence-electron chi connectivity index (χ1n) is 10.2. The zero-order valence-corrected chi connectivity index (χ0v) is 16.6. The maximum absolute atomic E-state index is 15.1. The van der Waals surface area contributed by atoms with Crippen LogP contribution in [0.2, 0.25) is 0 Å². The lowest BCUT2D eigenvalue weighted by Gasteiger charge is -2.58. The van der Waals surface area contributed by atoms with Crippen LogP contribution >= 0.6 is 0 Å². The molecular weight excluding hydrogens is 363 g/mol. The second-order valence-electron chi connectivity index (χ2n) is 9.84. The van der Waals surface area contributed by atoms with E-state index in [1.807, 2.05) is 6.92 Å². The molecule has 0 unspecified atom stereocenters. The van der Waals surface area contributed by atoms with Crippen molar-refractivity contribution < 1.29 is 29.3 Å². The van der Waals surface area contributed by atoms with Crippen molar-refractivity contribution in [1.29, 1.82) is 0 Å². The van der Waals surface area contributed by atoms with Gasteiger partial charge in [-0.2, -0.15) is 0 Å². The lowest BCUT2D eigenvalue weighted by molar-refractivity contribution is -0.180. The number of hydrogen-bond acceptors (Lipinski definition) is 5. The van der Waals surface area contributed by atoms with E-state index >= 15 is 4.39 Å². The van der Waals surface area contributed by atoms with E-state index in [0.29, 0.717) is 24.8 Å². The molecule has 0 spiro atoms. The molecule has 0 radical (unpaired) electrons. The van der Waals surface area contributed by atoms with Crippen LogP contribution in [0, 0.1) is 34.5 Å². The largest absolute Gasteiger partial charge is 0.393 e. The summed E-state index contributed by atoms with van der Waals surface area (Å²) in [7, 11) is 0. The van der Waals surface area contributed by atoms with Gasteiger partial charge in [0, 0.05) is 23.2 Å². The molecule has 0 saturated heterocycles. The number of aliphatic hydroxyl groups excluding tert-OH is 2. The highest BCUT2D eigenvalue weighted by Crippen LogP contribution is 2.68. The van der Waals surface area contributed by atoms with Crippen molar-refractivity contribution >= 4 is 11.6 Å². The number of carbonyl (C=O) groups is 2. The lowest BCUT2D eigenvalue weighted by Crippen LogP contribution is -2.62. The Balaban J connectivity index is 1.86. The summed E-state index contributed by atoms with van der Waals surface area (Å²) in [5.74, 6) is -2.37. The first kappa shape index (κ1) is 19.9. The van der Waals surface area contributed by atoms with Gasteiger partial charge >= 0.3 is 0 Å². The van der Waals surface area contributed by atoms with E-state index in [-0.39, 0.29) is 30.0 Å². The topological polar surface area (TPSA) is 94.8 Å². The fourth-order valence-corrected chi connectivity index (χ4v) is 7.26. The van der Waals surface area contributed by atoms with Gasteiger partial charge < -0.3 is 15.3 Å². The zero-order valence-electron chi connectivity index (χ0n) is 16.6. The first-order valence-corrected chi connectivity index (χ1v) is 10.2. The van der Waals surface area contributed by atoms with Crippen LogP contribution in [0.4, 0.5) is 4.39 Å². The van der Waals surface area contributed by atoms with E-state index in [0.717, 1.165) is 0 Å². The molecule has 3 N–H and O–H groups in total. The maximum atomic E-state index is 15.1. The molecule has 154 valence electrons. The highest BCUT2D eigenvalue weighted by Gasteiger charge is 2.70. The average Bonchev–Trinajstić information content (AvgIpc) is 2.83. The molecule has 0 amide bonds. The maximum Gasteiger partial charge on any atom is 0.190 e. The summed E-state index contributed by atoms with van der Waals surface area (Å²) in [5, 5.41) is 32.1. The van der Waals surface area contributed by atoms with Gasteiger partial charge in [0.05, 0.1) is 6.10 Å². The van der Waals surface area contributed by atoms with Crippen LogP contribution < -0.4 is 0 Å². The molecule has 2 fully saturated rings. The van der Waals surface area contributed by atoms with Crippen molar-refractivity contribution in [2.45, 2.75) is 58.2 Å². The first-order chi connectivity index (χ1) is 13.0. The number of Topliss-reactive ketones (excluding diaryl/α,β-unsaturated/α-hetero) is 1. The molecule has 8 atom stereocenters. The highest BCUT2D eigenvalue weighted by atomic mass is 19.1. The summed E-state index contributed by atoms with van der Waals surface area (Å²) in [6.07, 6.45) is 3.58. The van der Waals surface area contributed by atoms with Crippen molar-refractivity contribution in [2.75, 3.05) is 6.61 Å². The number of carbonyl (C=O) groups excluding carboxylic acids is 2. The lowest BCUT2D eigenvalue weighted by atomic mass is 9.46. The monoisotopic (exact) mass is 392 g/mol. The van der Waals surface area contributed by atoms with Gasteiger partial charge in [0.2, 0.25) is 0 Å². The van der Waals surface area contributed by atoms with Crippen LogP contribution in [0.5, 0.6) is 0 Å². The van der Waals surface area contributed by atoms with Crippen molar-refractivity contribution in [3.8, 4) is 0 Å². The summed E-state index contributed by atoms with van der Waals surface area (Å²) in [6, 6.07) is 0. The minimum atomic E-state index is -1.75. The molecule has 4 aliphatic rings. The number of ketones is 2. The Morgan fingerprint density at radius 2 is 2.04 bits per heavy atom. The molecule has 2 saturated carbocycles. The van der Waals surface area contributed by atoms with Gasteiger partial charge in [0.25, 0.3) is 0 Å². The Kier molecular flexibility index (Phi) is 4.32. The Morgan fingerprint density at radius 1 is 1.36 bits per heavy atom. The van der Waals surface area contributed by atoms with Crippen molar-refractivity contribution in [3.05, 3.63) is 23.6 Å². The van der Waals surface area contributed by atoms with Crippen LogP contribution in [0.25, 0.3) is 0 Å². The predicted octanol–water partition coefficient (Wildman–Crippen LogP) is 2.10. The van der Waals surface area contributed by atoms with Crippen molar-refractivity contribution in [3.63, 3.8) is 0 Å². The van der Waals surface area contributed by atoms with Crippen LogP contribution in [-0.2, 0) is 9.59 Å². The smallest absolute Gasteiger partial charge is 0.190 e. The molecule has 28 heavy (non-hydrogen) atoms. The summed E-state index contributed by atoms with van der Waals surface area (Å²) >= 11 is 0. The Bertz CT molecular complexity index is 803. The molecule has 6 heteroatoms. The van der Waals surface area contributed by atoms with Gasteiger partial charge in [0.15, 0.2) is 11.6 Å². The van der Waals surface area contributed by atoms with Gasteiger partial charge in [0.1, 0.15) is 18.0 Å². The van der Waals surface area contributed by atoms with E-state index in [4.69, 9.17) is 0 Å². The molecule has 0 aromatic heterocycles. The Morgan fingerprint density at radius 3 is 2.68 bits per heavy atom. The Labute approximate surface area is 164 Å². The molecule has 0 heterocycles. The van der Waals surface area contributed by atoms with Crippen molar-refractivity contribution in [1.82, 2.24) is 0 Å². The third-order valence-electron chi connectivity index (χ3n) is 8.65. The van der Waals surface area contributed by atoms with Crippen LogP contribution in [0.1, 0.15) is 46.5 Å². The Hall–Kier alpha value is -1.37. The molecule has 0 bridgehead atoms. The number of allylic oxidation sites excluding steroid dienone is 4. The van der Waals surface area contributed by atoms with E-state index in [9.17, 15) is 24.9 Å². The minimum absolute atomic E-state index is 0.0954. The molecule has 0 aromatic rings. The van der Waals surface area contributed by atoms with E-state index in [1.165, 1.54) is 12.2 Å². The quantitative estimate of drug-likeness (QED) is 0.669. The van der Waals surface area contributed by atoms with Gasteiger partial charge in [-0.15, -0.1) is 0 Å². The molecular formula is C22H29FO5. The van der Waals surface area contributed by atoms with Crippen molar-refractivity contribution in [2.24, 2.45) is 34.5 Å². The predicted molar refractivity (Wildman–Crippen MR) is 99.6 cm³/mol. The third-order valence-corrected chi connectivity index (χ3v) is 8.65. The fraction of sp³-hybridized carbons (Fsp3) is 0.727. The van der Waals surface area contributed by atoms with Gasteiger partial charge in [-0.3, -0.25) is 9.59 Å². The summed E-state index contributed by atoms with van der Waals surface area (Å²) < 4.78 is 15.1. The summed E-state index contributed by atoms with van der Waals surface area (Å²) in [5.41, 5.74) is -2.97. The normalized spacial score (nSPS) is 50.2. The summed E-state index contributed by atoms with van der Waals surface area (Å²) in [4.78, 5) is 24.4. The minimum Gasteiger partial charge on any atom is -0.393 e. The average molecular weight is 392 g/mol. The number of hydrogen-bond donors (Lipinski definition) is 3. The standard InChI is InChI=1S/C22H29FO5/c1-11-6-14-13-8-16(23)15-7-12(25)4-5-20(15,2)19(13)17(26)9-21(14,3)22(11,28)18(27)10-24/h7-8,11,13-14,17,19,24,26,28H,4-6,9-10H2,1-3H3/t11-,13-,14-,17-,19+,20-,21-,22-/m0/s1. The van der Waals surface area contributed by atoms with Crippen LogP contribution in [-0.4, -0.2) is 45.2 Å². The third kappa shape index (κ3) is 2.22. The van der Waals surface area contributed by atoms with E-state index in [2.05, 4.69) is 0 Å². The number of halogens is 1. The molecule has 4 aliphatic carbocycles.